The molecule has 0 saturated heterocycles. The summed E-state index contributed by atoms with van der Waals surface area (Å²) in [6.45, 7) is 4.95. The van der Waals surface area contributed by atoms with Crippen LogP contribution in [0.4, 0.5) is 0 Å². The molecule has 92 valence electrons. The topological polar surface area (TPSA) is 48.1 Å². The first kappa shape index (κ1) is 12.3. The van der Waals surface area contributed by atoms with E-state index in [0.717, 1.165) is 27.4 Å². The van der Waals surface area contributed by atoms with Crippen LogP contribution < -0.4 is 10.5 Å². The summed E-state index contributed by atoms with van der Waals surface area (Å²) in [6, 6.07) is 5.97. The Morgan fingerprint density at radius 1 is 1.47 bits per heavy atom. The molecule has 1 aromatic carbocycles. The summed E-state index contributed by atoms with van der Waals surface area (Å²) in [4.78, 5) is 4.68. The summed E-state index contributed by atoms with van der Waals surface area (Å²) in [5.74, 6) is 0.874. The predicted octanol–water partition coefficient (Wildman–Crippen LogP) is 2.93. The van der Waals surface area contributed by atoms with E-state index in [-0.39, 0.29) is 5.41 Å². The Kier molecular flexibility index (Phi) is 3.35. The quantitative estimate of drug-likeness (QED) is 0.907. The fourth-order valence-corrected chi connectivity index (χ4v) is 2.89. The first-order valence-corrected chi connectivity index (χ1v) is 6.59. The molecule has 4 heteroatoms. The van der Waals surface area contributed by atoms with E-state index in [4.69, 9.17) is 10.5 Å². The molecular weight excluding hydrogens is 232 g/mol. The molecule has 0 radical (unpaired) electrons. The van der Waals surface area contributed by atoms with Crippen molar-refractivity contribution < 1.29 is 4.74 Å². The van der Waals surface area contributed by atoms with Gasteiger partial charge in [-0.05, 0) is 24.6 Å². The Bertz CT molecular complexity index is 517. The maximum atomic E-state index is 5.87. The number of benzene rings is 1. The van der Waals surface area contributed by atoms with Crippen molar-refractivity contribution in [1.29, 1.82) is 0 Å². The van der Waals surface area contributed by atoms with Gasteiger partial charge in [0.15, 0.2) is 0 Å². The second-order valence-electron chi connectivity index (χ2n) is 4.47. The molecule has 0 fully saturated rings. The number of fused-ring (bicyclic) bond motifs is 1. The van der Waals surface area contributed by atoms with Gasteiger partial charge in [0.25, 0.3) is 0 Å². The van der Waals surface area contributed by atoms with Gasteiger partial charge in [0, 0.05) is 12.0 Å². The minimum Gasteiger partial charge on any atom is -0.497 e. The van der Waals surface area contributed by atoms with E-state index >= 15 is 0 Å². The lowest BCUT2D eigenvalue weighted by atomic mass is 9.89. The summed E-state index contributed by atoms with van der Waals surface area (Å²) in [5, 5.41) is 1.12. The first-order valence-electron chi connectivity index (χ1n) is 5.78. The molecule has 0 spiro atoms. The van der Waals surface area contributed by atoms with Crippen molar-refractivity contribution in [2.75, 3.05) is 13.7 Å². The molecular formula is C13H18N2OS. The molecule has 1 atom stereocenters. The number of nitrogens with two attached hydrogens (primary N) is 1. The van der Waals surface area contributed by atoms with Crippen LogP contribution in [0.15, 0.2) is 18.2 Å². The van der Waals surface area contributed by atoms with Crippen LogP contribution in [0.2, 0.25) is 0 Å². The van der Waals surface area contributed by atoms with Crippen molar-refractivity contribution in [2.45, 2.75) is 25.7 Å². The highest BCUT2D eigenvalue weighted by Crippen LogP contribution is 2.34. The Labute approximate surface area is 106 Å². The lowest BCUT2D eigenvalue weighted by Gasteiger charge is -2.23. The fraction of sp³-hybridized carbons (Fsp3) is 0.462. The minimum absolute atomic E-state index is 0.0169. The molecule has 2 rings (SSSR count). The number of aromatic nitrogens is 1. The molecule has 1 heterocycles. The third kappa shape index (κ3) is 2.15. The number of hydrogen-bond donors (Lipinski definition) is 1. The Morgan fingerprint density at radius 2 is 2.24 bits per heavy atom. The van der Waals surface area contributed by atoms with E-state index in [1.807, 2.05) is 18.2 Å². The molecule has 3 nitrogen and oxygen atoms in total. The standard InChI is InChI=1S/C13H18N2OS/c1-4-13(2,8-14)12-15-10-6-5-9(16-3)7-11(10)17-12/h5-7H,4,8,14H2,1-3H3. The Balaban J connectivity index is 2.50. The summed E-state index contributed by atoms with van der Waals surface area (Å²) >= 11 is 1.71. The second kappa shape index (κ2) is 4.63. The van der Waals surface area contributed by atoms with Gasteiger partial charge in [-0.2, -0.15) is 0 Å². The average Bonchev–Trinajstić information content (AvgIpc) is 2.80. The van der Waals surface area contributed by atoms with Crippen LogP contribution in [0.1, 0.15) is 25.3 Å². The van der Waals surface area contributed by atoms with Gasteiger partial charge in [0.2, 0.25) is 0 Å². The van der Waals surface area contributed by atoms with Crippen LogP contribution in [0.25, 0.3) is 10.2 Å². The van der Waals surface area contributed by atoms with E-state index in [9.17, 15) is 0 Å². The maximum Gasteiger partial charge on any atom is 0.120 e. The molecule has 2 aromatic rings. The average molecular weight is 250 g/mol. The number of ether oxygens (including phenoxy) is 1. The van der Waals surface area contributed by atoms with Gasteiger partial charge in [-0.3, -0.25) is 0 Å². The van der Waals surface area contributed by atoms with Gasteiger partial charge in [-0.15, -0.1) is 11.3 Å². The summed E-state index contributed by atoms with van der Waals surface area (Å²) in [7, 11) is 1.68. The largest absolute Gasteiger partial charge is 0.497 e. The van der Waals surface area contributed by atoms with Gasteiger partial charge in [0.1, 0.15) is 10.8 Å². The van der Waals surface area contributed by atoms with Crippen molar-refractivity contribution in [3.63, 3.8) is 0 Å². The van der Waals surface area contributed by atoms with Crippen molar-refractivity contribution in [3.05, 3.63) is 23.2 Å². The molecule has 0 aliphatic rings. The highest BCUT2D eigenvalue weighted by atomic mass is 32.1. The van der Waals surface area contributed by atoms with E-state index in [2.05, 4.69) is 18.8 Å². The van der Waals surface area contributed by atoms with Gasteiger partial charge >= 0.3 is 0 Å². The highest BCUT2D eigenvalue weighted by molar-refractivity contribution is 7.18. The van der Waals surface area contributed by atoms with E-state index < -0.39 is 0 Å². The zero-order chi connectivity index (χ0) is 12.5. The molecule has 0 amide bonds. The molecule has 2 N–H and O–H groups in total. The molecule has 0 bridgehead atoms. The number of rotatable bonds is 4. The van der Waals surface area contributed by atoms with Crippen molar-refractivity contribution in [3.8, 4) is 5.75 Å². The van der Waals surface area contributed by atoms with Crippen LogP contribution in [0.5, 0.6) is 5.75 Å². The molecule has 0 aliphatic heterocycles. The van der Waals surface area contributed by atoms with Crippen LogP contribution in [0.3, 0.4) is 0 Å². The van der Waals surface area contributed by atoms with E-state index in [0.29, 0.717) is 6.54 Å². The van der Waals surface area contributed by atoms with Crippen LogP contribution in [-0.4, -0.2) is 18.6 Å². The zero-order valence-corrected chi connectivity index (χ0v) is 11.3. The second-order valence-corrected chi connectivity index (χ2v) is 5.50. The number of methoxy groups -OCH3 is 1. The van der Waals surface area contributed by atoms with Crippen molar-refractivity contribution in [1.82, 2.24) is 4.98 Å². The number of hydrogen-bond acceptors (Lipinski definition) is 4. The van der Waals surface area contributed by atoms with Gasteiger partial charge in [-0.25, -0.2) is 4.98 Å². The molecule has 1 aromatic heterocycles. The predicted molar refractivity (Wildman–Crippen MR) is 72.9 cm³/mol. The SMILES string of the molecule is CCC(C)(CN)c1nc2ccc(OC)cc2s1. The zero-order valence-electron chi connectivity index (χ0n) is 10.5. The molecule has 1 unspecified atom stereocenters. The molecule has 0 aliphatic carbocycles. The Hall–Kier alpha value is -1.13. The number of thiazole rings is 1. The van der Waals surface area contributed by atoms with Crippen LogP contribution >= 0.6 is 11.3 Å². The van der Waals surface area contributed by atoms with Gasteiger partial charge in [-0.1, -0.05) is 13.8 Å². The molecule has 17 heavy (non-hydrogen) atoms. The highest BCUT2D eigenvalue weighted by Gasteiger charge is 2.26. The third-order valence-electron chi connectivity index (χ3n) is 3.34. The summed E-state index contributed by atoms with van der Waals surface area (Å²) in [6.07, 6.45) is 1.00. The summed E-state index contributed by atoms with van der Waals surface area (Å²) in [5.41, 5.74) is 6.88. The van der Waals surface area contributed by atoms with Gasteiger partial charge in [0.05, 0.1) is 17.3 Å². The molecule has 0 saturated carbocycles. The Morgan fingerprint density at radius 3 is 2.82 bits per heavy atom. The van der Waals surface area contributed by atoms with Crippen molar-refractivity contribution >= 4 is 21.6 Å². The monoisotopic (exact) mass is 250 g/mol. The number of nitrogens with zero attached hydrogens (tertiary/aromatic N) is 1. The maximum absolute atomic E-state index is 5.87. The van der Waals surface area contributed by atoms with E-state index in [1.165, 1.54) is 0 Å². The first-order chi connectivity index (χ1) is 8.12. The fourth-order valence-electron chi connectivity index (χ4n) is 1.67. The van der Waals surface area contributed by atoms with Gasteiger partial charge < -0.3 is 10.5 Å². The lowest BCUT2D eigenvalue weighted by molar-refractivity contribution is 0.415. The summed E-state index contributed by atoms with van der Waals surface area (Å²) < 4.78 is 6.38. The lowest BCUT2D eigenvalue weighted by Crippen LogP contribution is -2.30. The van der Waals surface area contributed by atoms with Crippen molar-refractivity contribution in [2.24, 2.45) is 5.73 Å². The van der Waals surface area contributed by atoms with E-state index in [1.54, 1.807) is 18.4 Å². The minimum atomic E-state index is -0.0169. The van der Waals surface area contributed by atoms with Crippen LogP contribution in [0, 0.1) is 0 Å². The normalized spacial score (nSPS) is 14.8. The van der Waals surface area contributed by atoms with Crippen LogP contribution in [-0.2, 0) is 5.41 Å². The third-order valence-corrected chi connectivity index (χ3v) is 4.67. The smallest absolute Gasteiger partial charge is 0.120 e.